The Bertz CT molecular complexity index is 403. The van der Waals surface area contributed by atoms with Gasteiger partial charge in [-0.25, -0.2) is 0 Å². The zero-order valence-electron chi connectivity index (χ0n) is 13.8. The van der Waals surface area contributed by atoms with Gasteiger partial charge in [-0.2, -0.15) is 0 Å². The maximum Gasteiger partial charge on any atom is 0.306 e. The van der Waals surface area contributed by atoms with Crippen molar-refractivity contribution in [2.24, 2.45) is 11.3 Å². The fourth-order valence-electron chi connectivity index (χ4n) is 3.77. The van der Waals surface area contributed by atoms with Crippen molar-refractivity contribution in [2.75, 3.05) is 0 Å². The molecule has 4 heteroatoms. The standard InChI is InChI=1S/C17H29NO3/c1-12-11-17(15(20)18-12)9-7-13(8-10-17)5-6-14(19)21-16(2,3)4/h12-13H,5-11H2,1-4H3,(H,18,20). The van der Waals surface area contributed by atoms with Crippen LogP contribution in [0.25, 0.3) is 0 Å². The Kier molecular flexibility index (Phi) is 4.64. The zero-order valence-corrected chi connectivity index (χ0v) is 13.8. The van der Waals surface area contributed by atoms with E-state index in [-0.39, 0.29) is 17.3 Å². The largest absolute Gasteiger partial charge is 0.460 e. The van der Waals surface area contributed by atoms with Crippen LogP contribution in [0.15, 0.2) is 0 Å². The van der Waals surface area contributed by atoms with Crippen molar-refractivity contribution in [3.8, 4) is 0 Å². The Morgan fingerprint density at radius 2 is 1.95 bits per heavy atom. The van der Waals surface area contributed by atoms with E-state index in [1.165, 1.54) is 0 Å². The second kappa shape index (κ2) is 5.98. The first-order chi connectivity index (χ1) is 9.70. The van der Waals surface area contributed by atoms with E-state index in [4.69, 9.17) is 4.74 Å². The molecule has 1 aliphatic heterocycles. The topological polar surface area (TPSA) is 55.4 Å². The van der Waals surface area contributed by atoms with Crippen molar-refractivity contribution >= 4 is 11.9 Å². The van der Waals surface area contributed by atoms with Crippen LogP contribution in [-0.2, 0) is 14.3 Å². The van der Waals surface area contributed by atoms with Crippen molar-refractivity contribution in [3.63, 3.8) is 0 Å². The Labute approximate surface area is 128 Å². The average molecular weight is 295 g/mol. The smallest absolute Gasteiger partial charge is 0.306 e. The van der Waals surface area contributed by atoms with Gasteiger partial charge in [0.1, 0.15) is 5.60 Å². The summed E-state index contributed by atoms with van der Waals surface area (Å²) in [6.07, 6.45) is 6.43. The van der Waals surface area contributed by atoms with E-state index < -0.39 is 5.60 Å². The number of amides is 1. The van der Waals surface area contributed by atoms with E-state index in [0.717, 1.165) is 38.5 Å². The van der Waals surface area contributed by atoms with E-state index in [0.29, 0.717) is 18.4 Å². The molecule has 0 aromatic carbocycles. The summed E-state index contributed by atoms with van der Waals surface area (Å²) in [5.41, 5.74) is -0.506. The summed E-state index contributed by atoms with van der Waals surface area (Å²) in [5, 5.41) is 3.06. The summed E-state index contributed by atoms with van der Waals surface area (Å²) in [7, 11) is 0. The lowest BCUT2D eigenvalue weighted by Gasteiger charge is -2.35. The lowest BCUT2D eigenvalue weighted by atomic mass is 9.68. The minimum absolute atomic E-state index is 0.102. The molecule has 1 N–H and O–H groups in total. The maximum absolute atomic E-state index is 12.1. The molecule has 120 valence electrons. The lowest BCUT2D eigenvalue weighted by Crippen LogP contribution is -2.35. The van der Waals surface area contributed by atoms with Crippen LogP contribution in [0.1, 0.15) is 72.6 Å². The molecule has 0 radical (unpaired) electrons. The van der Waals surface area contributed by atoms with Gasteiger partial charge in [0.25, 0.3) is 0 Å². The Balaban J connectivity index is 1.75. The molecule has 1 saturated heterocycles. The molecule has 4 nitrogen and oxygen atoms in total. The molecule has 0 aromatic heterocycles. The summed E-state index contributed by atoms with van der Waals surface area (Å²) in [5.74, 6) is 0.711. The van der Waals surface area contributed by atoms with E-state index in [2.05, 4.69) is 12.2 Å². The van der Waals surface area contributed by atoms with Crippen molar-refractivity contribution in [2.45, 2.75) is 84.3 Å². The highest BCUT2D eigenvalue weighted by atomic mass is 16.6. The van der Waals surface area contributed by atoms with Gasteiger partial charge >= 0.3 is 5.97 Å². The summed E-state index contributed by atoms with van der Waals surface area (Å²) in [4.78, 5) is 23.9. The maximum atomic E-state index is 12.1. The Morgan fingerprint density at radius 3 is 2.43 bits per heavy atom. The predicted octanol–water partition coefficient (Wildman–Crippen LogP) is 3.19. The predicted molar refractivity (Wildman–Crippen MR) is 81.7 cm³/mol. The van der Waals surface area contributed by atoms with E-state index in [9.17, 15) is 9.59 Å². The summed E-state index contributed by atoms with van der Waals surface area (Å²) in [6.45, 7) is 7.78. The second-order valence-corrected chi connectivity index (χ2v) is 7.93. The fraction of sp³-hybridized carbons (Fsp3) is 0.882. The van der Waals surface area contributed by atoms with E-state index in [1.807, 2.05) is 20.8 Å². The normalized spacial score (nSPS) is 33.0. The molecule has 0 aromatic rings. The molecule has 1 spiro atoms. The number of carbonyl (C=O) groups excluding carboxylic acids is 2. The van der Waals surface area contributed by atoms with Gasteiger partial charge in [0.15, 0.2) is 0 Å². The number of esters is 1. The number of ether oxygens (including phenoxy) is 1. The van der Waals surface area contributed by atoms with Crippen molar-refractivity contribution < 1.29 is 14.3 Å². The van der Waals surface area contributed by atoms with Crippen LogP contribution in [0.5, 0.6) is 0 Å². The zero-order chi connectivity index (χ0) is 15.7. The van der Waals surface area contributed by atoms with Crippen LogP contribution in [0.2, 0.25) is 0 Å². The van der Waals surface area contributed by atoms with Gasteiger partial charge in [-0.15, -0.1) is 0 Å². The van der Waals surface area contributed by atoms with Gasteiger partial charge < -0.3 is 10.1 Å². The third kappa shape index (κ3) is 4.21. The molecule has 1 heterocycles. The molecule has 0 bridgehead atoms. The Morgan fingerprint density at radius 1 is 1.33 bits per heavy atom. The van der Waals surface area contributed by atoms with Crippen LogP contribution in [0, 0.1) is 11.3 Å². The third-order valence-electron chi connectivity index (χ3n) is 4.80. The van der Waals surface area contributed by atoms with Crippen molar-refractivity contribution in [3.05, 3.63) is 0 Å². The van der Waals surface area contributed by atoms with Crippen LogP contribution in [0.4, 0.5) is 0 Å². The Hall–Kier alpha value is -1.06. The summed E-state index contributed by atoms with van der Waals surface area (Å²) in [6, 6.07) is 0.316. The first kappa shape index (κ1) is 16.3. The molecule has 1 atom stereocenters. The third-order valence-corrected chi connectivity index (χ3v) is 4.80. The first-order valence-electron chi connectivity index (χ1n) is 8.23. The quantitative estimate of drug-likeness (QED) is 0.814. The van der Waals surface area contributed by atoms with Crippen molar-refractivity contribution in [1.29, 1.82) is 0 Å². The molecule has 2 aliphatic rings. The molecule has 2 fully saturated rings. The van der Waals surface area contributed by atoms with Gasteiger partial charge in [0, 0.05) is 12.5 Å². The molecule has 1 aliphatic carbocycles. The fourth-order valence-corrected chi connectivity index (χ4v) is 3.77. The molecule has 1 unspecified atom stereocenters. The van der Waals surface area contributed by atoms with Gasteiger partial charge in [0.05, 0.1) is 5.41 Å². The number of carbonyl (C=O) groups is 2. The first-order valence-corrected chi connectivity index (χ1v) is 8.23. The monoisotopic (exact) mass is 295 g/mol. The van der Waals surface area contributed by atoms with Crippen molar-refractivity contribution in [1.82, 2.24) is 5.32 Å². The number of hydrogen-bond acceptors (Lipinski definition) is 3. The molecule has 1 saturated carbocycles. The van der Waals surface area contributed by atoms with Crippen LogP contribution >= 0.6 is 0 Å². The highest BCUT2D eigenvalue weighted by Crippen LogP contribution is 2.46. The SMILES string of the molecule is CC1CC2(CCC(CCC(=O)OC(C)(C)C)CC2)C(=O)N1. The van der Waals surface area contributed by atoms with Crippen LogP contribution < -0.4 is 5.32 Å². The van der Waals surface area contributed by atoms with Gasteiger partial charge in [0.2, 0.25) is 5.91 Å². The summed E-state index contributed by atoms with van der Waals surface area (Å²) < 4.78 is 5.35. The lowest BCUT2D eigenvalue weighted by molar-refractivity contribution is -0.155. The highest BCUT2D eigenvalue weighted by Gasteiger charge is 2.47. The summed E-state index contributed by atoms with van der Waals surface area (Å²) >= 11 is 0. The highest BCUT2D eigenvalue weighted by molar-refractivity contribution is 5.85. The number of nitrogens with one attached hydrogen (secondary N) is 1. The average Bonchev–Trinajstić information content (AvgIpc) is 2.61. The minimum Gasteiger partial charge on any atom is -0.460 e. The molecule has 1 amide bonds. The number of hydrogen-bond donors (Lipinski definition) is 1. The molecular weight excluding hydrogens is 266 g/mol. The molecule has 2 rings (SSSR count). The van der Waals surface area contributed by atoms with Gasteiger partial charge in [-0.05, 0) is 72.1 Å². The van der Waals surface area contributed by atoms with E-state index in [1.54, 1.807) is 0 Å². The van der Waals surface area contributed by atoms with Crippen LogP contribution in [-0.4, -0.2) is 23.5 Å². The van der Waals surface area contributed by atoms with Gasteiger partial charge in [-0.1, -0.05) is 0 Å². The minimum atomic E-state index is -0.397. The van der Waals surface area contributed by atoms with Gasteiger partial charge in [-0.3, -0.25) is 9.59 Å². The van der Waals surface area contributed by atoms with E-state index >= 15 is 0 Å². The molecular formula is C17H29NO3. The number of rotatable bonds is 3. The second-order valence-electron chi connectivity index (χ2n) is 7.93. The van der Waals surface area contributed by atoms with Crippen LogP contribution in [0.3, 0.4) is 0 Å². The molecule has 21 heavy (non-hydrogen) atoms.